The Morgan fingerprint density at radius 2 is 1.57 bits per heavy atom. The lowest BCUT2D eigenvalue weighted by atomic mass is 10.1. The van der Waals surface area contributed by atoms with E-state index < -0.39 is 33.1 Å². The molecule has 1 fully saturated rings. The molecule has 0 aromatic carbocycles. The summed E-state index contributed by atoms with van der Waals surface area (Å²) in [6.45, 7) is 27.1. The molecule has 0 radical (unpaired) electrons. The maximum Gasteiger partial charge on any atom is 0.273 e. The van der Waals surface area contributed by atoms with Crippen molar-refractivity contribution in [3.05, 3.63) is 16.7 Å². The van der Waals surface area contributed by atoms with Crippen LogP contribution in [0, 0.1) is 0 Å². The summed E-state index contributed by atoms with van der Waals surface area (Å²) in [6.07, 6.45) is 1.08. The number of hydrogen-bond donors (Lipinski definition) is 0. The molecule has 0 bridgehead atoms. The van der Waals surface area contributed by atoms with Crippen LogP contribution in [0.1, 0.15) is 6.23 Å². The van der Waals surface area contributed by atoms with Crippen molar-refractivity contribution >= 4 is 50.2 Å². The van der Waals surface area contributed by atoms with Gasteiger partial charge in [-0.15, -0.1) is 0 Å². The van der Waals surface area contributed by atoms with Crippen molar-refractivity contribution in [3.8, 4) is 0 Å². The molecule has 0 N–H and O–H groups in total. The minimum Gasteiger partial charge on any atom is -0.415 e. The van der Waals surface area contributed by atoms with Crippen LogP contribution in [-0.2, 0) is 13.6 Å². The third kappa shape index (κ3) is 5.05. The highest BCUT2D eigenvalue weighted by molar-refractivity contribution is 6.80. The van der Waals surface area contributed by atoms with Crippen molar-refractivity contribution in [1.29, 1.82) is 0 Å². The third-order valence-electron chi connectivity index (χ3n) is 6.28. The Balaban J connectivity index is 1.87. The molecule has 196 valence electrons. The van der Waals surface area contributed by atoms with Gasteiger partial charge in [-0.05, 0) is 39.3 Å². The lowest BCUT2D eigenvalue weighted by molar-refractivity contribution is -0.0348. The highest BCUT2D eigenvalue weighted by Crippen LogP contribution is 2.48. The van der Waals surface area contributed by atoms with E-state index in [1.807, 2.05) is 0 Å². The van der Waals surface area contributed by atoms with Gasteiger partial charge in [0.2, 0.25) is 5.95 Å². The van der Waals surface area contributed by atoms with Gasteiger partial charge in [0.1, 0.15) is 6.10 Å². The van der Waals surface area contributed by atoms with E-state index in [4.69, 9.17) is 23.6 Å². The summed E-state index contributed by atoms with van der Waals surface area (Å²) in [5, 5.41) is 0. The first-order chi connectivity index (χ1) is 15.8. The largest absolute Gasteiger partial charge is 0.415 e. The molecule has 0 saturated carbocycles. The molecule has 0 unspecified atom stereocenters. The summed E-state index contributed by atoms with van der Waals surface area (Å²) in [7, 11) is -7.51. The number of imidazole rings is 1. The Labute approximate surface area is 213 Å². The van der Waals surface area contributed by atoms with E-state index in [9.17, 15) is 4.79 Å². The first-order valence-electron chi connectivity index (χ1n) is 12.6. The topological polar surface area (TPSA) is 83.6 Å². The van der Waals surface area contributed by atoms with Gasteiger partial charge in [-0.25, -0.2) is 9.97 Å². The number of hydrogen-bond acceptors (Lipinski definition) is 7. The Hall–Kier alpha value is -1.10. The van der Waals surface area contributed by atoms with Crippen LogP contribution in [0.5, 0.6) is 0 Å². The summed E-state index contributed by atoms with van der Waals surface area (Å²) in [6, 6.07) is -0.0169. The van der Waals surface area contributed by atoms with Gasteiger partial charge in [0.15, 0.2) is 50.5 Å². The van der Waals surface area contributed by atoms with Gasteiger partial charge in [0.05, 0.1) is 25.1 Å². The van der Waals surface area contributed by atoms with Gasteiger partial charge in [-0.3, -0.25) is 9.36 Å². The van der Waals surface area contributed by atoms with Crippen LogP contribution in [0.25, 0.3) is 11.2 Å². The van der Waals surface area contributed by atoms with Gasteiger partial charge in [-0.1, -0.05) is 39.3 Å². The standard InChI is InChI=1S/C22H43N5O4Si4/c1-32(2,3)25-14-23-19-16(20(25)28)24-22-26(19)21-17(27(22)33(4,5)6)18(31-35(10,11)12)15(30-21)13-29-34(7,8)9/h14-15,17-18,21H,13H2,1-12H3/t15-,17-,18-,21-/m1/s1. The van der Waals surface area contributed by atoms with Crippen molar-refractivity contribution in [2.45, 2.75) is 103 Å². The zero-order valence-electron chi connectivity index (χ0n) is 23.5. The highest BCUT2D eigenvalue weighted by atomic mass is 28.4. The average molecular weight is 554 g/mol. The fraction of sp³-hybridized carbons (Fsp3) is 0.773. The lowest BCUT2D eigenvalue weighted by Crippen LogP contribution is -2.57. The zero-order chi connectivity index (χ0) is 26.3. The van der Waals surface area contributed by atoms with Crippen LogP contribution in [-0.4, -0.2) is 76.7 Å². The van der Waals surface area contributed by atoms with Gasteiger partial charge in [0, 0.05) is 0 Å². The van der Waals surface area contributed by atoms with Crippen molar-refractivity contribution in [2.75, 3.05) is 11.2 Å². The molecule has 0 aliphatic carbocycles. The predicted molar refractivity (Wildman–Crippen MR) is 152 cm³/mol. The maximum absolute atomic E-state index is 13.5. The third-order valence-corrected chi connectivity index (χ3v) is 12.0. The quantitative estimate of drug-likeness (QED) is 0.474. The lowest BCUT2D eigenvalue weighted by Gasteiger charge is -2.40. The second-order valence-electron chi connectivity index (χ2n) is 13.8. The van der Waals surface area contributed by atoms with E-state index in [2.05, 4.69) is 87.7 Å². The first-order valence-corrected chi connectivity index (χ1v) is 26.3. The number of ether oxygens (including phenoxy) is 1. The van der Waals surface area contributed by atoms with Gasteiger partial charge in [-0.2, -0.15) is 0 Å². The number of fused-ring (bicyclic) bond motifs is 5. The Morgan fingerprint density at radius 3 is 2.09 bits per heavy atom. The summed E-state index contributed by atoms with van der Waals surface area (Å²) in [4.78, 5) is 23.2. The molecule has 4 heterocycles. The monoisotopic (exact) mass is 553 g/mol. The van der Waals surface area contributed by atoms with Gasteiger partial charge < -0.3 is 22.4 Å². The SMILES string of the molecule is C[Si](C)(C)OC[C@H]1O[C@@H]2[C@@H]([C@@H]1O[Si](C)(C)C)N([Si](C)(C)C)c1nc3c(=O)n([Si](C)(C)C)cnc3n12. The average Bonchev–Trinajstić information content (AvgIpc) is 3.25. The highest BCUT2D eigenvalue weighted by Gasteiger charge is 2.58. The fourth-order valence-electron chi connectivity index (χ4n) is 4.95. The molecule has 0 amide bonds. The van der Waals surface area contributed by atoms with E-state index in [0.717, 1.165) is 5.95 Å². The molecule has 2 aromatic heterocycles. The fourth-order valence-corrected chi connectivity index (χ4v) is 9.77. The minimum absolute atomic E-state index is 0.0169. The van der Waals surface area contributed by atoms with Crippen LogP contribution < -0.4 is 10.1 Å². The normalized spacial score (nSPS) is 25.4. The van der Waals surface area contributed by atoms with Crippen molar-refractivity contribution < 1.29 is 13.6 Å². The first kappa shape index (κ1) is 26.9. The summed E-state index contributed by atoms with van der Waals surface area (Å²) in [5.74, 6) is 0.792. The van der Waals surface area contributed by atoms with Crippen LogP contribution in [0.3, 0.4) is 0 Å². The molecular weight excluding hydrogens is 511 g/mol. The molecule has 4 atom stereocenters. The van der Waals surface area contributed by atoms with Crippen LogP contribution in [0.15, 0.2) is 11.1 Å². The molecular formula is C22H43N5O4Si4. The molecule has 0 spiro atoms. The Bertz CT molecular complexity index is 1170. The number of rotatable bonds is 7. The molecule has 1 saturated heterocycles. The summed E-state index contributed by atoms with van der Waals surface area (Å²) < 4.78 is 26.2. The van der Waals surface area contributed by atoms with Gasteiger partial charge >= 0.3 is 0 Å². The minimum atomic E-state index is -1.95. The molecule has 2 aliphatic rings. The van der Waals surface area contributed by atoms with E-state index in [-0.39, 0.29) is 30.0 Å². The second kappa shape index (κ2) is 8.46. The van der Waals surface area contributed by atoms with E-state index >= 15 is 0 Å². The van der Waals surface area contributed by atoms with Crippen LogP contribution >= 0.6 is 0 Å². The summed E-state index contributed by atoms with van der Waals surface area (Å²) in [5.41, 5.74) is 0.975. The number of anilines is 1. The van der Waals surface area contributed by atoms with Crippen LogP contribution in [0.4, 0.5) is 5.95 Å². The van der Waals surface area contributed by atoms with Crippen molar-refractivity contribution in [3.63, 3.8) is 0 Å². The van der Waals surface area contributed by atoms with E-state index in [1.54, 1.807) is 10.6 Å². The Kier molecular flexibility index (Phi) is 6.51. The second-order valence-corrected chi connectivity index (χ2v) is 32.4. The number of nitrogens with zero attached hydrogens (tertiary/aromatic N) is 5. The number of aromatic nitrogens is 4. The predicted octanol–water partition coefficient (Wildman–Crippen LogP) is 4.27. The molecule has 2 aromatic rings. The smallest absolute Gasteiger partial charge is 0.273 e. The van der Waals surface area contributed by atoms with Crippen LogP contribution in [0.2, 0.25) is 78.6 Å². The summed E-state index contributed by atoms with van der Waals surface area (Å²) >= 11 is 0. The maximum atomic E-state index is 13.5. The molecule has 35 heavy (non-hydrogen) atoms. The molecule has 2 aliphatic heterocycles. The molecule has 4 rings (SSSR count). The molecule has 13 heteroatoms. The van der Waals surface area contributed by atoms with E-state index in [0.29, 0.717) is 17.8 Å². The Morgan fingerprint density at radius 1 is 0.943 bits per heavy atom. The van der Waals surface area contributed by atoms with Crippen molar-refractivity contribution in [1.82, 2.24) is 18.8 Å². The zero-order valence-corrected chi connectivity index (χ0v) is 27.5. The molecule has 9 nitrogen and oxygen atoms in total. The van der Waals surface area contributed by atoms with Crippen molar-refractivity contribution in [2.24, 2.45) is 0 Å². The van der Waals surface area contributed by atoms with E-state index in [1.165, 1.54) is 0 Å². The van der Waals surface area contributed by atoms with Gasteiger partial charge in [0.25, 0.3) is 5.56 Å².